The van der Waals surface area contributed by atoms with Crippen molar-refractivity contribution in [1.82, 2.24) is 25.2 Å². The monoisotopic (exact) mass is 366 g/mol. The van der Waals surface area contributed by atoms with Crippen LogP contribution in [0.2, 0.25) is 0 Å². The molecular formula is C20H26N6O. The van der Waals surface area contributed by atoms with Crippen molar-refractivity contribution in [2.45, 2.75) is 13.3 Å². The Bertz CT molecular complexity index is 851. The standard InChI is InChI=1S/C20H26N6O/c1-2-3-4-5-6-16-7-8-17-15-24-19-10-9-18(25-26(17)19)22-13-11-21-12-14-23-20(16)27/h3-10,15-16,21H,2,11-14H2,1H3,(H,22,25)(H,23,27)/b4-3-,6-5?,8-7+. The van der Waals surface area contributed by atoms with Crippen LogP contribution in [0.25, 0.3) is 11.7 Å². The van der Waals surface area contributed by atoms with E-state index in [1.54, 1.807) is 10.7 Å². The number of rotatable bonds is 3. The molecule has 142 valence electrons. The van der Waals surface area contributed by atoms with Gasteiger partial charge in [-0.1, -0.05) is 37.3 Å². The molecule has 1 aliphatic rings. The van der Waals surface area contributed by atoms with E-state index in [2.05, 4.69) is 39.0 Å². The van der Waals surface area contributed by atoms with Crippen molar-refractivity contribution >= 4 is 23.4 Å². The molecule has 7 nitrogen and oxygen atoms in total. The number of amides is 1. The molecule has 0 aromatic carbocycles. The van der Waals surface area contributed by atoms with E-state index >= 15 is 0 Å². The normalized spacial score (nSPS) is 20.5. The van der Waals surface area contributed by atoms with Gasteiger partial charge in [0.05, 0.1) is 17.8 Å². The van der Waals surface area contributed by atoms with Gasteiger partial charge in [-0.05, 0) is 24.6 Å². The topological polar surface area (TPSA) is 83.3 Å². The summed E-state index contributed by atoms with van der Waals surface area (Å²) in [6, 6.07) is 3.85. The highest BCUT2D eigenvalue weighted by atomic mass is 16.1. The predicted octanol–water partition coefficient (Wildman–Crippen LogP) is 2.01. The lowest BCUT2D eigenvalue weighted by atomic mass is 10.1. The van der Waals surface area contributed by atoms with Gasteiger partial charge in [0, 0.05) is 26.2 Å². The molecule has 3 rings (SSSR count). The summed E-state index contributed by atoms with van der Waals surface area (Å²) in [5, 5.41) is 14.2. The summed E-state index contributed by atoms with van der Waals surface area (Å²) in [6.07, 6.45) is 14.3. The van der Waals surface area contributed by atoms with Gasteiger partial charge in [-0.25, -0.2) is 9.50 Å². The molecule has 2 bridgehead atoms. The molecule has 2 aromatic heterocycles. The number of nitrogens with one attached hydrogen (secondary N) is 3. The van der Waals surface area contributed by atoms with Gasteiger partial charge < -0.3 is 16.0 Å². The molecule has 0 saturated carbocycles. The first-order chi connectivity index (χ1) is 13.3. The molecule has 2 aromatic rings. The molecule has 0 fully saturated rings. The second kappa shape index (κ2) is 9.68. The second-order valence-electron chi connectivity index (χ2n) is 6.25. The Morgan fingerprint density at radius 2 is 2.04 bits per heavy atom. The summed E-state index contributed by atoms with van der Waals surface area (Å²) in [5.74, 6) is 0.412. The van der Waals surface area contributed by atoms with E-state index in [4.69, 9.17) is 0 Å². The number of nitrogens with zero attached hydrogens (tertiary/aromatic N) is 3. The molecule has 0 radical (unpaired) electrons. The van der Waals surface area contributed by atoms with Gasteiger partial charge in [-0.3, -0.25) is 4.79 Å². The third-order valence-electron chi connectivity index (χ3n) is 4.18. The fourth-order valence-corrected chi connectivity index (χ4v) is 2.73. The van der Waals surface area contributed by atoms with Crippen LogP contribution in [0.3, 0.4) is 0 Å². The predicted molar refractivity (Wildman–Crippen MR) is 108 cm³/mol. The highest BCUT2D eigenvalue weighted by Crippen LogP contribution is 2.12. The van der Waals surface area contributed by atoms with Crippen LogP contribution in [0.1, 0.15) is 19.0 Å². The Hall–Kier alpha value is -2.93. The molecule has 0 saturated heterocycles. The quantitative estimate of drug-likeness (QED) is 0.724. The van der Waals surface area contributed by atoms with E-state index in [1.807, 2.05) is 42.5 Å². The van der Waals surface area contributed by atoms with E-state index in [9.17, 15) is 4.79 Å². The Morgan fingerprint density at radius 3 is 2.89 bits per heavy atom. The van der Waals surface area contributed by atoms with E-state index < -0.39 is 0 Å². The third-order valence-corrected chi connectivity index (χ3v) is 4.18. The molecule has 27 heavy (non-hydrogen) atoms. The summed E-state index contributed by atoms with van der Waals surface area (Å²) in [7, 11) is 0. The number of fused-ring (bicyclic) bond motifs is 1. The molecular weight excluding hydrogens is 340 g/mol. The van der Waals surface area contributed by atoms with Gasteiger partial charge in [-0.2, -0.15) is 0 Å². The van der Waals surface area contributed by atoms with Gasteiger partial charge in [0.15, 0.2) is 5.65 Å². The van der Waals surface area contributed by atoms with Crippen molar-refractivity contribution in [3.63, 3.8) is 0 Å². The maximum absolute atomic E-state index is 12.6. The van der Waals surface area contributed by atoms with Crippen LogP contribution >= 0.6 is 0 Å². The zero-order chi connectivity index (χ0) is 18.9. The summed E-state index contributed by atoms with van der Waals surface area (Å²) in [5.41, 5.74) is 1.60. The van der Waals surface area contributed by atoms with Gasteiger partial charge in [0.1, 0.15) is 5.82 Å². The number of hydrogen-bond donors (Lipinski definition) is 3. The summed E-state index contributed by atoms with van der Waals surface area (Å²) >= 11 is 0. The van der Waals surface area contributed by atoms with Crippen molar-refractivity contribution in [3.05, 3.63) is 54.4 Å². The number of allylic oxidation sites excluding steroid dienone is 3. The summed E-state index contributed by atoms with van der Waals surface area (Å²) < 4.78 is 1.78. The van der Waals surface area contributed by atoms with Crippen LogP contribution < -0.4 is 16.0 Å². The first kappa shape index (κ1) is 18.8. The molecule has 0 aliphatic carbocycles. The molecule has 1 unspecified atom stereocenters. The summed E-state index contributed by atoms with van der Waals surface area (Å²) in [6.45, 7) is 4.93. The van der Waals surface area contributed by atoms with Crippen molar-refractivity contribution in [2.75, 3.05) is 31.5 Å². The average molecular weight is 366 g/mol. The molecule has 1 amide bonds. The number of aromatic nitrogens is 3. The zero-order valence-corrected chi connectivity index (χ0v) is 15.6. The molecule has 1 atom stereocenters. The molecule has 7 heteroatoms. The molecule has 0 spiro atoms. The fraction of sp³-hybridized carbons (Fsp3) is 0.350. The number of carbonyl (C=O) groups is 1. The van der Waals surface area contributed by atoms with Gasteiger partial charge >= 0.3 is 0 Å². The summed E-state index contributed by atoms with van der Waals surface area (Å²) in [4.78, 5) is 16.9. The Balaban J connectivity index is 1.90. The van der Waals surface area contributed by atoms with Crippen LogP contribution in [-0.4, -0.2) is 46.7 Å². The maximum Gasteiger partial charge on any atom is 0.230 e. The molecule has 3 N–H and O–H groups in total. The zero-order valence-electron chi connectivity index (χ0n) is 15.6. The molecule has 3 heterocycles. The number of anilines is 1. The van der Waals surface area contributed by atoms with Crippen LogP contribution in [-0.2, 0) is 4.79 Å². The van der Waals surface area contributed by atoms with Crippen molar-refractivity contribution in [3.8, 4) is 0 Å². The fourth-order valence-electron chi connectivity index (χ4n) is 2.73. The average Bonchev–Trinajstić information content (AvgIpc) is 3.08. The van der Waals surface area contributed by atoms with Gasteiger partial charge in [0.25, 0.3) is 0 Å². The van der Waals surface area contributed by atoms with Crippen molar-refractivity contribution < 1.29 is 4.79 Å². The SMILES string of the molecule is CC/C=C\C=CC1/C=C/c2cnc3ccc(nn23)NCCNCCNC1=O. The van der Waals surface area contributed by atoms with E-state index in [-0.39, 0.29) is 11.8 Å². The van der Waals surface area contributed by atoms with Gasteiger partial charge in [0.2, 0.25) is 5.91 Å². The number of imidazole rings is 1. The van der Waals surface area contributed by atoms with Crippen molar-refractivity contribution in [1.29, 1.82) is 0 Å². The van der Waals surface area contributed by atoms with Crippen LogP contribution in [0.4, 0.5) is 5.82 Å². The maximum atomic E-state index is 12.6. The van der Waals surface area contributed by atoms with E-state index in [0.29, 0.717) is 6.54 Å². The molecule has 1 aliphatic heterocycles. The number of carbonyl (C=O) groups excluding carboxylic acids is 1. The largest absolute Gasteiger partial charge is 0.367 e. The first-order valence-corrected chi connectivity index (χ1v) is 9.36. The third kappa shape index (κ3) is 5.27. The minimum Gasteiger partial charge on any atom is -0.367 e. The lowest BCUT2D eigenvalue weighted by Crippen LogP contribution is -2.36. The minimum absolute atomic E-state index is 0.0235. The van der Waals surface area contributed by atoms with Crippen LogP contribution in [0, 0.1) is 5.92 Å². The minimum atomic E-state index is -0.358. The lowest BCUT2D eigenvalue weighted by molar-refractivity contribution is -0.122. The smallest absolute Gasteiger partial charge is 0.230 e. The van der Waals surface area contributed by atoms with Crippen molar-refractivity contribution in [2.24, 2.45) is 5.92 Å². The van der Waals surface area contributed by atoms with Crippen LogP contribution in [0.5, 0.6) is 0 Å². The Labute approximate surface area is 159 Å². The van der Waals surface area contributed by atoms with E-state index in [0.717, 1.165) is 43.2 Å². The highest BCUT2D eigenvalue weighted by molar-refractivity contribution is 5.83. The Kier molecular flexibility index (Phi) is 6.76. The number of hydrogen-bond acceptors (Lipinski definition) is 5. The Morgan fingerprint density at radius 1 is 1.19 bits per heavy atom. The van der Waals surface area contributed by atoms with E-state index in [1.165, 1.54) is 0 Å². The second-order valence-corrected chi connectivity index (χ2v) is 6.25. The van der Waals surface area contributed by atoms with Crippen LogP contribution in [0.15, 0.2) is 48.7 Å². The first-order valence-electron chi connectivity index (χ1n) is 9.36. The highest BCUT2D eigenvalue weighted by Gasteiger charge is 2.12. The van der Waals surface area contributed by atoms with Gasteiger partial charge in [-0.15, -0.1) is 5.10 Å². The lowest BCUT2D eigenvalue weighted by Gasteiger charge is -2.10.